The molecule has 0 atom stereocenters. The third kappa shape index (κ3) is 4.15. The minimum absolute atomic E-state index is 0.336. The lowest BCUT2D eigenvalue weighted by Gasteiger charge is -2.30. The third-order valence-electron chi connectivity index (χ3n) is 3.18. The Morgan fingerprint density at radius 2 is 1.69 bits per heavy atom. The molecule has 0 unspecified atom stereocenters. The molecule has 0 aromatic rings. The first-order valence-electron chi connectivity index (χ1n) is 5.07. The van der Waals surface area contributed by atoms with Crippen molar-refractivity contribution < 1.29 is 9.90 Å². The highest BCUT2D eigenvalue weighted by Crippen LogP contribution is 2.33. The maximum Gasteiger partial charge on any atom is 0.404 e. The maximum absolute atomic E-state index is 10.2. The summed E-state index contributed by atoms with van der Waals surface area (Å²) >= 11 is 0. The molecule has 1 amide bonds. The number of carbonyl (C=O) groups is 1. The van der Waals surface area contributed by atoms with E-state index in [0.29, 0.717) is 12.0 Å². The smallest absolute Gasteiger partial charge is 0.404 e. The van der Waals surface area contributed by atoms with Crippen molar-refractivity contribution in [3.05, 3.63) is 0 Å². The quantitative estimate of drug-likeness (QED) is 0.671. The van der Waals surface area contributed by atoms with Crippen molar-refractivity contribution >= 4 is 6.09 Å². The Morgan fingerprint density at radius 1 is 1.23 bits per heavy atom. The van der Waals surface area contributed by atoms with Crippen LogP contribution in [0.5, 0.6) is 0 Å². The zero-order valence-electron chi connectivity index (χ0n) is 8.89. The minimum atomic E-state index is -0.919. The van der Waals surface area contributed by atoms with Gasteiger partial charge in [-0.3, -0.25) is 0 Å². The number of amides is 1. The fourth-order valence-electron chi connectivity index (χ4n) is 1.71. The molecule has 3 nitrogen and oxygen atoms in total. The van der Waals surface area contributed by atoms with Gasteiger partial charge in [0.05, 0.1) is 0 Å². The largest absolute Gasteiger partial charge is 0.465 e. The second-order valence-electron chi connectivity index (χ2n) is 3.54. The molecule has 0 saturated heterocycles. The highest BCUT2D eigenvalue weighted by atomic mass is 16.4. The molecule has 0 aliphatic heterocycles. The summed E-state index contributed by atoms with van der Waals surface area (Å²) in [6, 6.07) is 0. The van der Waals surface area contributed by atoms with Gasteiger partial charge in [-0.25, -0.2) is 4.79 Å². The molecule has 3 heteroatoms. The highest BCUT2D eigenvalue weighted by molar-refractivity contribution is 5.64. The second kappa shape index (κ2) is 5.84. The van der Waals surface area contributed by atoms with E-state index in [1.807, 2.05) is 0 Å². The van der Waals surface area contributed by atoms with Gasteiger partial charge in [-0.05, 0) is 11.8 Å². The van der Waals surface area contributed by atoms with Crippen LogP contribution < -0.4 is 5.32 Å². The molecule has 13 heavy (non-hydrogen) atoms. The van der Waals surface area contributed by atoms with Crippen molar-refractivity contribution in [2.75, 3.05) is 6.54 Å². The number of rotatable bonds is 6. The van der Waals surface area contributed by atoms with Crippen LogP contribution in [0.4, 0.5) is 4.79 Å². The third-order valence-corrected chi connectivity index (χ3v) is 3.18. The average Bonchev–Trinajstić information content (AvgIpc) is 2.13. The number of nitrogens with one attached hydrogen (secondary N) is 1. The Bertz CT molecular complexity index is 145. The lowest BCUT2D eigenvalue weighted by Crippen LogP contribution is -2.28. The summed E-state index contributed by atoms with van der Waals surface area (Å²) in [5, 5.41) is 10.8. The Morgan fingerprint density at radius 3 is 2.00 bits per heavy atom. The molecule has 0 radical (unpaired) electrons. The minimum Gasteiger partial charge on any atom is -0.465 e. The zero-order chi connectivity index (χ0) is 10.3. The summed E-state index contributed by atoms with van der Waals surface area (Å²) in [7, 11) is 0. The first-order valence-corrected chi connectivity index (χ1v) is 5.07. The van der Waals surface area contributed by atoms with Crippen molar-refractivity contribution in [3.63, 3.8) is 0 Å². The SMILES string of the molecule is CCC(CC)(CC)CCNC(=O)O. The lowest BCUT2D eigenvalue weighted by molar-refractivity contribution is 0.186. The van der Waals surface area contributed by atoms with Crippen molar-refractivity contribution in [2.24, 2.45) is 5.41 Å². The summed E-state index contributed by atoms with van der Waals surface area (Å²) in [6.45, 7) is 7.10. The predicted octanol–water partition coefficient (Wildman–Crippen LogP) is 2.86. The Hall–Kier alpha value is -0.730. The molecule has 0 aliphatic carbocycles. The van der Waals surface area contributed by atoms with Crippen LogP contribution in [-0.4, -0.2) is 17.7 Å². The Kier molecular flexibility index (Phi) is 5.51. The van der Waals surface area contributed by atoms with Crippen molar-refractivity contribution in [1.82, 2.24) is 5.32 Å². The maximum atomic E-state index is 10.2. The average molecular weight is 187 g/mol. The van der Waals surface area contributed by atoms with Crippen LogP contribution in [-0.2, 0) is 0 Å². The van der Waals surface area contributed by atoms with E-state index in [0.717, 1.165) is 25.7 Å². The summed E-state index contributed by atoms with van der Waals surface area (Å²) < 4.78 is 0. The highest BCUT2D eigenvalue weighted by Gasteiger charge is 2.23. The zero-order valence-corrected chi connectivity index (χ0v) is 8.89. The molecule has 0 rings (SSSR count). The summed E-state index contributed by atoms with van der Waals surface area (Å²) in [5.74, 6) is 0. The Balaban J connectivity index is 3.88. The van der Waals surface area contributed by atoms with Crippen LogP contribution in [0.15, 0.2) is 0 Å². The molecule has 0 spiro atoms. The predicted molar refractivity (Wildman–Crippen MR) is 54.0 cm³/mol. The summed E-state index contributed by atoms with van der Waals surface area (Å²) in [6.07, 6.45) is 3.41. The van der Waals surface area contributed by atoms with Gasteiger partial charge in [-0.2, -0.15) is 0 Å². The monoisotopic (exact) mass is 187 g/mol. The lowest BCUT2D eigenvalue weighted by atomic mass is 9.77. The molecule has 0 fully saturated rings. The van der Waals surface area contributed by atoms with E-state index in [4.69, 9.17) is 5.11 Å². The first-order chi connectivity index (χ1) is 6.10. The van der Waals surface area contributed by atoms with Gasteiger partial charge in [-0.1, -0.05) is 40.0 Å². The summed E-state index contributed by atoms with van der Waals surface area (Å²) in [4.78, 5) is 10.2. The van der Waals surface area contributed by atoms with Gasteiger partial charge < -0.3 is 10.4 Å². The molecular weight excluding hydrogens is 166 g/mol. The van der Waals surface area contributed by atoms with E-state index >= 15 is 0 Å². The van der Waals surface area contributed by atoms with Crippen LogP contribution in [0.25, 0.3) is 0 Å². The van der Waals surface area contributed by atoms with Crippen LogP contribution in [0.2, 0.25) is 0 Å². The van der Waals surface area contributed by atoms with Crippen LogP contribution in [0.3, 0.4) is 0 Å². The molecule has 0 heterocycles. The topological polar surface area (TPSA) is 49.3 Å². The molecule has 0 saturated carbocycles. The van der Waals surface area contributed by atoms with Crippen LogP contribution in [0.1, 0.15) is 46.5 Å². The fourth-order valence-corrected chi connectivity index (χ4v) is 1.71. The first kappa shape index (κ1) is 12.3. The number of hydrogen-bond acceptors (Lipinski definition) is 1. The van der Waals surface area contributed by atoms with Gasteiger partial charge in [0.1, 0.15) is 0 Å². The van der Waals surface area contributed by atoms with Crippen molar-refractivity contribution in [1.29, 1.82) is 0 Å². The van der Waals surface area contributed by atoms with E-state index in [1.54, 1.807) is 0 Å². The van der Waals surface area contributed by atoms with Crippen LogP contribution >= 0.6 is 0 Å². The van der Waals surface area contributed by atoms with Crippen LogP contribution in [0, 0.1) is 5.41 Å². The van der Waals surface area contributed by atoms with Crippen molar-refractivity contribution in [3.8, 4) is 0 Å². The van der Waals surface area contributed by atoms with E-state index in [-0.39, 0.29) is 0 Å². The number of carboxylic acid groups (broad SMARTS) is 1. The van der Waals surface area contributed by atoms with Gasteiger partial charge >= 0.3 is 6.09 Å². The van der Waals surface area contributed by atoms with Gasteiger partial charge in [-0.15, -0.1) is 0 Å². The Labute approximate surface area is 80.5 Å². The van der Waals surface area contributed by atoms with Gasteiger partial charge in [0.25, 0.3) is 0 Å². The molecule has 0 aromatic heterocycles. The molecule has 0 aliphatic rings. The van der Waals surface area contributed by atoms with E-state index in [1.165, 1.54) is 0 Å². The molecular formula is C10H21NO2. The standard InChI is InChI=1S/C10H21NO2/c1-4-10(5-2,6-3)7-8-11-9(12)13/h11H,4-8H2,1-3H3,(H,12,13). The van der Waals surface area contributed by atoms with Crippen molar-refractivity contribution in [2.45, 2.75) is 46.5 Å². The molecule has 78 valence electrons. The molecule has 0 bridgehead atoms. The second-order valence-corrected chi connectivity index (χ2v) is 3.54. The van der Waals surface area contributed by atoms with Gasteiger partial charge in [0.2, 0.25) is 0 Å². The van der Waals surface area contributed by atoms with E-state index in [9.17, 15) is 4.79 Å². The number of hydrogen-bond donors (Lipinski definition) is 2. The summed E-state index contributed by atoms with van der Waals surface area (Å²) in [5.41, 5.74) is 0.336. The molecule has 2 N–H and O–H groups in total. The van der Waals surface area contributed by atoms with E-state index < -0.39 is 6.09 Å². The fraction of sp³-hybridized carbons (Fsp3) is 0.900. The normalized spacial score (nSPS) is 11.3. The van der Waals surface area contributed by atoms with E-state index in [2.05, 4.69) is 26.1 Å². The van der Waals surface area contributed by atoms with Gasteiger partial charge in [0, 0.05) is 6.54 Å². The van der Waals surface area contributed by atoms with Gasteiger partial charge in [0.15, 0.2) is 0 Å². The molecule has 0 aromatic carbocycles.